The molecular weight excluding hydrogens is 284 g/mol. The molecule has 1 aromatic rings. The number of rotatable bonds is 2. The molecule has 0 bridgehead atoms. The van der Waals surface area contributed by atoms with Gasteiger partial charge in [0.25, 0.3) is 11.6 Å². The molecule has 0 radical (unpaired) electrons. The number of amides is 1. The third-order valence-corrected chi connectivity index (χ3v) is 3.42. The fourth-order valence-electron chi connectivity index (χ4n) is 2.31. The summed E-state index contributed by atoms with van der Waals surface area (Å²) in [6.07, 6.45) is -0.102. The molecule has 6 nitrogen and oxygen atoms in total. The van der Waals surface area contributed by atoms with Crippen molar-refractivity contribution in [1.82, 2.24) is 4.90 Å². The van der Waals surface area contributed by atoms with Crippen LogP contribution in [0.25, 0.3) is 0 Å². The van der Waals surface area contributed by atoms with E-state index in [0.717, 1.165) is 0 Å². The summed E-state index contributed by atoms with van der Waals surface area (Å²) in [6.45, 7) is 4.72. The minimum absolute atomic E-state index is 0.0234. The van der Waals surface area contributed by atoms with E-state index in [4.69, 9.17) is 16.3 Å². The van der Waals surface area contributed by atoms with E-state index in [1.165, 1.54) is 18.2 Å². The Morgan fingerprint density at radius 3 is 2.55 bits per heavy atom. The highest BCUT2D eigenvalue weighted by molar-refractivity contribution is 6.32. The van der Waals surface area contributed by atoms with Crippen LogP contribution in [0.2, 0.25) is 5.02 Å². The Bertz CT molecular complexity index is 539. The highest BCUT2D eigenvalue weighted by atomic mass is 35.5. The van der Waals surface area contributed by atoms with Crippen molar-refractivity contribution >= 4 is 23.2 Å². The lowest BCUT2D eigenvalue weighted by Crippen LogP contribution is -2.48. The fraction of sp³-hybridized carbons (Fsp3) is 0.462. The highest BCUT2D eigenvalue weighted by Crippen LogP contribution is 2.26. The van der Waals surface area contributed by atoms with Gasteiger partial charge < -0.3 is 9.64 Å². The average molecular weight is 299 g/mol. The van der Waals surface area contributed by atoms with Crippen molar-refractivity contribution in [3.63, 3.8) is 0 Å². The van der Waals surface area contributed by atoms with Crippen LogP contribution in [-0.4, -0.2) is 41.0 Å². The Morgan fingerprint density at radius 1 is 1.40 bits per heavy atom. The van der Waals surface area contributed by atoms with E-state index >= 15 is 0 Å². The van der Waals surface area contributed by atoms with Crippen LogP contribution < -0.4 is 0 Å². The van der Waals surface area contributed by atoms with Gasteiger partial charge in [0.1, 0.15) is 5.02 Å². The number of nitro groups is 1. The van der Waals surface area contributed by atoms with Gasteiger partial charge >= 0.3 is 0 Å². The van der Waals surface area contributed by atoms with Crippen LogP contribution in [-0.2, 0) is 4.74 Å². The Morgan fingerprint density at radius 2 is 2.00 bits per heavy atom. The van der Waals surface area contributed by atoms with Gasteiger partial charge in [0.15, 0.2) is 0 Å². The number of ether oxygens (including phenoxy) is 1. The van der Waals surface area contributed by atoms with Crippen LogP contribution >= 0.6 is 11.6 Å². The molecule has 2 rings (SSSR count). The topological polar surface area (TPSA) is 72.7 Å². The van der Waals surface area contributed by atoms with Gasteiger partial charge in [-0.2, -0.15) is 0 Å². The molecule has 0 spiro atoms. The van der Waals surface area contributed by atoms with E-state index in [9.17, 15) is 14.9 Å². The first kappa shape index (κ1) is 14.7. The molecular formula is C13H15ClN2O4. The minimum atomic E-state index is -0.594. The van der Waals surface area contributed by atoms with Gasteiger partial charge in [-0.3, -0.25) is 14.9 Å². The summed E-state index contributed by atoms with van der Waals surface area (Å²) in [5.41, 5.74) is 0.00859. The molecule has 20 heavy (non-hydrogen) atoms. The summed E-state index contributed by atoms with van der Waals surface area (Å²) in [6, 6.07) is 4.10. The molecule has 1 saturated heterocycles. The summed E-state index contributed by atoms with van der Waals surface area (Å²) in [5, 5.41) is 10.9. The normalized spacial score (nSPS) is 22.6. The number of hydrogen-bond acceptors (Lipinski definition) is 4. The molecule has 2 atom stereocenters. The van der Waals surface area contributed by atoms with Crippen molar-refractivity contribution < 1.29 is 14.5 Å². The Kier molecular flexibility index (Phi) is 4.25. The summed E-state index contributed by atoms with van der Waals surface area (Å²) in [7, 11) is 0. The van der Waals surface area contributed by atoms with Crippen LogP contribution in [0.4, 0.5) is 5.69 Å². The van der Waals surface area contributed by atoms with Gasteiger partial charge in [-0.05, 0) is 26.0 Å². The van der Waals surface area contributed by atoms with Crippen molar-refractivity contribution in [2.75, 3.05) is 13.1 Å². The predicted octanol–water partition coefficient (Wildman–Crippen LogP) is 2.50. The monoisotopic (exact) mass is 298 g/mol. The van der Waals surface area contributed by atoms with Gasteiger partial charge in [0.05, 0.1) is 17.1 Å². The lowest BCUT2D eigenvalue weighted by Gasteiger charge is -2.35. The van der Waals surface area contributed by atoms with Crippen LogP contribution in [0, 0.1) is 10.1 Å². The van der Waals surface area contributed by atoms with Crippen molar-refractivity contribution in [2.24, 2.45) is 0 Å². The minimum Gasteiger partial charge on any atom is -0.372 e. The first-order chi connectivity index (χ1) is 9.38. The number of carbonyl (C=O) groups is 1. The molecule has 0 aliphatic carbocycles. The molecule has 0 aromatic heterocycles. The summed E-state index contributed by atoms with van der Waals surface area (Å²) in [4.78, 5) is 24.3. The Hall–Kier alpha value is -1.66. The molecule has 7 heteroatoms. The second-order valence-electron chi connectivity index (χ2n) is 4.89. The van der Waals surface area contributed by atoms with Crippen LogP contribution in [0.3, 0.4) is 0 Å². The molecule has 108 valence electrons. The molecule has 1 amide bonds. The zero-order valence-corrected chi connectivity index (χ0v) is 12.0. The maximum absolute atomic E-state index is 12.4. The average Bonchev–Trinajstić information content (AvgIpc) is 2.37. The molecule has 0 unspecified atom stereocenters. The SMILES string of the molecule is C[C@H]1CN(C(=O)c2ccc(Cl)c([N+](=O)[O-])c2)C[C@H](C)O1. The van der Waals surface area contributed by atoms with Crippen molar-refractivity contribution in [2.45, 2.75) is 26.1 Å². The van der Waals surface area contributed by atoms with E-state index < -0.39 is 4.92 Å². The zero-order chi connectivity index (χ0) is 14.9. The molecule has 1 fully saturated rings. The third kappa shape index (κ3) is 3.08. The van der Waals surface area contributed by atoms with Crippen molar-refractivity contribution in [1.29, 1.82) is 0 Å². The zero-order valence-electron chi connectivity index (χ0n) is 11.2. The first-order valence-electron chi connectivity index (χ1n) is 6.27. The van der Waals surface area contributed by atoms with Gasteiger partial charge in [-0.15, -0.1) is 0 Å². The van der Waals surface area contributed by atoms with Crippen molar-refractivity contribution in [3.05, 3.63) is 38.9 Å². The van der Waals surface area contributed by atoms with Crippen molar-refractivity contribution in [3.8, 4) is 0 Å². The number of nitro benzene ring substituents is 1. The lowest BCUT2D eigenvalue weighted by atomic mass is 10.1. The smallest absolute Gasteiger partial charge is 0.288 e. The third-order valence-electron chi connectivity index (χ3n) is 3.10. The second kappa shape index (κ2) is 5.76. The van der Waals surface area contributed by atoms with Gasteiger partial charge in [0, 0.05) is 24.7 Å². The van der Waals surface area contributed by atoms with Gasteiger partial charge in [0.2, 0.25) is 0 Å². The molecule has 0 saturated carbocycles. The largest absolute Gasteiger partial charge is 0.372 e. The van der Waals surface area contributed by atoms with E-state index in [0.29, 0.717) is 13.1 Å². The fourth-order valence-corrected chi connectivity index (χ4v) is 2.50. The molecule has 1 aliphatic rings. The van der Waals surface area contributed by atoms with E-state index in [1.807, 2.05) is 13.8 Å². The van der Waals surface area contributed by atoms with Crippen LogP contribution in [0.5, 0.6) is 0 Å². The van der Waals surface area contributed by atoms with Gasteiger partial charge in [-0.1, -0.05) is 11.6 Å². The van der Waals surface area contributed by atoms with Crippen LogP contribution in [0.15, 0.2) is 18.2 Å². The Balaban J connectivity index is 2.25. The number of nitrogens with zero attached hydrogens (tertiary/aromatic N) is 2. The Labute approximate surface area is 121 Å². The van der Waals surface area contributed by atoms with E-state index in [1.54, 1.807) is 4.90 Å². The quantitative estimate of drug-likeness (QED) is 0.621. The number of hydrogen-bond donors (Lipinski definition) is 0. The number of carbonyl (C=O) groups excluding carboxylic acids is 1. The standard InChI is InChI=1S/C13H15ClN2O4/c1-8-6-15(7-9(2)20-8)13(17)10-3-4-11(14)12(5-10)16(18)19/h3-5,8-9H,6-7H2,1-2H3/t8-,9-/m0/s1. The number of halogens is 1. The first-order valence-corrected chi connectivity index (χ1v) is 6.65. The summed E-state index contributed by atoms with van der Waals surface area (Å²) < 4.78 is 5.56. The van der Waals surface area contributed by atoms with E-state index in [-0.39, 0.29) is 34.4 Å². The van der Waals surface area contributed by atoms with Crippen LogP contribution in [0.1, 0.15) is 24.2 Å². The molecule has 1 aliphatic heterocycles. The molecule has 0 N–H and O–H groups in total. The summed E-state index contributed by atoms with van der Waals surface area (Å²) in [5.74, 6) is -0.244. The number of morpholine rings is 1. The number of benzene rings is 1. The maximum Gasteiger partial charge on any atom is 0.288 e. The second-order valence-corrected chi connectivity index (χ2v) is 5.30. The summed E-state index contributed by atoms with van der Waals surface area (Å²) >= 11 is 5.74. The molecule has 1 heterocycles. The highest BCUT2D eigenvalue weighted by Gasteiger charge is 2.27. The lowest BCUT2D eigenvalue weighted by molar-refractivity contribution is -0.384. The van der Waals surface area contributed by atoms with Gasteiger partial charge in [-0.25, -0.2) is 0 Å². The maximum atomic E-state index is 12.4. The molecule has 1 aromatic carbocycles. The van der Waals surface area contributed by atoms with E-state index in [2.05, 4.69) is 0 Å². The predicted molar refractivity (Wildman–Crippen MR) is 74.0 cm³/mol.